The second-order valence-corrected chi connectivity index (χ2v) is 7.18. The predicted octanol–water partition coefficient (Wildman–Crippen LogP) is 1.81. The number of hydrogen-bond donors (Lipinski definition) is 1. The Balaban J connectivity index is 1.63. The molecule has 1 fully saturated rings. The van der Waals surface area contributed by atoms with E-state index >= 15 is 0 Å². The van der Waals surface area contributed by atoms with Gasteiger partial charge < -0.3 is 18.9 Å². The molecule has 0 aliphatic carbocycles. The third-order valence-electron chi connectivity index (χ3n) is 4.91. The van der Waals surface area contributed by atoms with E-state index in [1.807, 2.05) is 40.6 Å². The second-order valence-electron chi connectivity index (χ2n) is 6.81. The first-order valence-electron chi connectivity index (χ1n) is 8.80. The maximum Gasteiger partial charge on any atom is 0.202 e. The lowest BCUT2D eigenvalue weighted by molar-refractivity contribution is -0.929. The number of ether oxygens (including phenoxy) is 2. The molecule has 0 saturated carbocycles. The number of aromatic nitrogens is 3. The quantitative estimate of drug-likeness (QED) is 0.795. The summed E-state index contributed by atoms with van der Waals surface area (Å²) in [6, 6.07) is 7.55. The number of benzene rings is 1. The highest BCUT2D eigenvalue weighted by Gasteiger charge is 2.20. The molecule has 6 nitrogen and oxygen atoms in total. The Labute approximate surface area is 154 Å². The largest absolute Gasteiger partial charge is 0.497 e. The molecule has 0 radical (unpaired) electrons. The van der Waals surface area contributed by atoms with Crippen LogP contribution in [0.5, 0.6) is 11.5 Å². The summed E-state index contributed by atoms with van der Waals surface area (Å²) in [4.78, 5) is 1.55. The average Bonchev–Trinajstić information content (AvgIpc) is 2.90. The van der Waals surface area contributed by atoms with Crippen LogP contribution in [0.1, 0.15) is 25.6 Å². The first kappa shape index (κ1) is 17.9. The van der Waals surface area contributed by atoms with E-state index < -0.39 is 0 Å². The monoisotopic (exact) mass is 363 g/mol. The summed E-state index contributed by atoms with van der Waals surface area (Å²) in [5.41, 5.74) is 0. The molecule has 1 aromatic carbocycles. The minimum Gasteiger partial charge on any atom is -0.497 e. The van der Waals surface area contributed by atoms with Crippen LogP contribution in [0.15, 0.2) is 24.3 Å². The van der Waals surface area contributed by atoms with Gasteiger partial charge in [0.25, 0.3) is 0 Å². The number of quaternary nitrogens is 1. The highest BCUT2D eigenvalue weighted by atomic mass is 32.1. The van der Waals surface area contributed by atoms with E-state index in [0.717, 1.165) is 34.7 Å². The van der Waals surface area contributed by atoms with Gasteiger partial charge in [0.15, 0.2) is 12.5 Å². The molecule has 0 unspecified atom stereocenters. The van der Waals surface area contributed by atoms with Crippen LogP contribution in [0.25, 0.3) is 0 Å². The van der Waals surface area contributed by atoms with Crippen molar-refractivity contribution in [2.45, 2.75) is 33.0 Å². The van der Waals surface area contributed by atoms with Gasteiger partial charge in [-0.1, -0.05) is 6.92 Å². The highest BCUT2D eigenvalue weighted by Crippen LogP contribution is 2.18. The zero-order valence-corrected chi connectivity index (χ0v) is 16.0. The minimum atomic E-state index is 0.395. The molecular formula is C18H27N4O2S+. The number of hydrogen-bond acceptors (Lipinski definition) is 4. The first-order valence-corrected chi connectivity index (χ1v) is 9.20. The SMILES string of the molecule is COc1ccc(OCc2nn(C[NH+]3CCC(C)CC3)c(=S)n2C)cc1. The Hall–Kier alpha value is -1.86. The number of rotatable bonds is 6. The zero-order chi connectivity index (χ0) is 17.8. The second kappa shape index (κ2) is 8.01. The van der Waals surface area contributed by atoms with E-state index in [-0.39, 0.29) is 0 Å². The van der Waals surface area contributed by atoms with Crippen LogP contribution < -0.4 is 14.4 Å². The Morgan fingerprint density at radius 2 is 1.84 bits per heavy atom. The standard InChI is InChI=1S/C18H26N4O2S/c1-14-8-10-21(11-9-14)13-22-18(25)20(2)17(19-22)12-24-16-6-4-15(23-3)5-7-16/h4-7,14H,8-13H2,1-3H3/p+1. The number of piperidine rings is 1. The molecular weight excluding hydrogens is 336 g/mol. The lowest BCUT2D eigenvalue weighted by Gasteiger charge is -2.26. The van der Waals surface area contributed by atoms with E-state index in [2.05, 4.69) is 12.0 Å². The van der Waals surface area contributed by atoms with Crippen molar-refractivity contribution < 1.29 is 14.4 Å². The van der Waals surface area contributed by atoms with Crippen LogP contribution in [0.3, 0.4) is 0 Å². The fraction of sp³-hybridized carbons (Fsp3) is 0.556. The Kier molecular flexibility index (Phi) is 5.75. The van der Waals surface area contributed by atoms with Gasteiger partial charge in [-0.2, -0.15) is 4.68 Å². The van der Waals surface area contributed by atoms with Crippen molar-refractivity contribution in [2.75, 3.05) is 20.2 Å². The molecule has 1 aliphatic rings. The van der Waals surface area contributed by atoms with Crippen LogP contribution in [-0.4, -0.2) is 34.5 Å². The zero-order valence-electron chi connectivity index (χ0n) is 15.2. The topological polar surface area (TPSA) is 45.6 Å². The number of nitrogens with zero attached hydrogens (tertiary/aromatic N) is 3. The summed E-state index contributed by atoms with van der Waals surface area (Å²) in [6.07, 6.45) is 2.56. The maximum absolute atomic E-state index is 5.84. The van der Waals surface area contributed by atoms with Crippen LogP contribution in [0.2, 0.25) is 0 Å². The Morgan fingerprint density at radius 1 is 1.20 bits per heavy atom. The highest BCUT2D eigenvalue weighted by molar-refractivity contribution is 7.71. The van der Waals surface area contributed by atoms with Gasteiger partial charge in [0, 0.05) is 7.05 Å². The third-order valence-corrected chi connectivity index (χ3v) is 5.40. The van der Waals surface area contributed by atoms with Crippen molar-refractivity contribution in [3.05, 3.63) is 34.9 Å². The molecule has 1 aromatic heterocycles. The van der Waals surface area contributed by atoms with E-state index in [4.69, 9.17) is 21.7 Å². The van der Waals surface area contributed by atoms with Crippen LogP contribution in [0.4, 0.5) is 0 Å². The molecule has 0 amide bonds. The molecule has 3 rings (SSSR count). The molecule has 0 atom stereocenters. The average molecular weight is 364 g/mol. The van der Waals surface area contributed by atoms with Gasteiger partial charge in [-0.05, 0) is 55.2 Å². The Morgan fingerprint density at radius 3 is 2.48 bits per heavy atom. The normalized spacial score (nSPS) is 20.4. The predicted molar refractivity (Wildman–Crippen MR) is 98.5 cm³/mol. The summed E-state index contributed by atoms with van der Waals surface area (Å²) in [5.74, 6) is 3.28. The molecule has 1 N–H and O–H groups in total. The molecule has 2 heterocycles. The lowest BCUT2D eigenvalue weighted by atomic mass is 10.00. The summed E-state index contributed by atoms with van der Waals surface area (Å²) in [7, 11) is 3.60. The van der Waals surface area contributed by atoms with Gasteiger partial charge in [0.05, 0.1) is 20.2 Å². The molecule has 1 saturated heterocycles. The third kappa shape index (κ3) is 4.41. The van der Waals surface area contributed by atoms with Crippen LogP contribution in [0, 0.1) is 10.7 Å². The number of methoxy groups -OCH3 is 1. The van der Waals surface area contributed by atoms with Gasteiger partial charge in [-0.25, -0.2) is 0 Å². The van der Waals surface area contributed by atoms with E-state index in [1.54, 1.807) is 12.0 Å². The van der Waals surface area contributed by atoms with E-state index in [1.165, 1.54) is 25.9 Å². The van der Waals surface area contributed by atoms with Gasteiger partial charge >= 0.3 is 0 Å². The van der Waals surface area contributed by atoms with Crippen molar-refractivity contribution in [1.82, 2.24) is 14.3 Å². The summed E-state index contributed by atoms with van der Waals surface area (Å²) in [5, 5.41) is 4.68. The van der Waals surface area contributed by atoms with Crippen LogP contribution in [-0.2, 0) is 20.3 Å². The number of nitrogens with one attached hydrogen (secondary N) is 1. The summed E-state index contributed by atoms with van der Waals surface area (Å²) in [6.45, 7) is 5.94. The fourth-order valence-corrected chi connectivity index (χ4v) is 3.33. The first-order chi connectivity index (χ1) is 12.1. The molecule has 2 aromatic rings. The van der Waals surface area contributed by atoms with Gasteiger partial charge in [0.1, 0.15) is 18.1 Å². The summed E-state index contributed by atoms with van der Waals surface area (Å²) < 4.78 is 15.6. The van der Waals surface area contributed by atoms with E-state index in [9.17, 15) is 0 Å². The fourth-order valence-electron chi connectivity index (χ4n) is 3.12. The number of likely N-dealkylation sites (tertiary alicyclic amines) is 1. The van der Waals surface area contributed by atoms with Crippen molar-refractivity contribution in [3.63, 3.8) is 0 Å². The maximum atomic E-state index is 5.84. The molecule has 0 spiro atoms. The smallest absolute Gasteiger partial charge is 0.202 e. The molecule has 1 aliphatic heterocycles. The van der Waals surface area contributed by atoms with Crippen molar-refractivity contribution in [2.24, 2.45) is 13.0 Å². The van der Waals surface area contributed by atoms with Crippen molar-refractivity contribution in [1.29, 1.82) is 0 Å². The Bertz CT molecular complexity index is 745. The van der Waals surface area contributed by atoms with Gasteiger partial charge in [-0.15, -0.1) is 5.10 Å². The van der Waals surface area contributed by atoms with E-state index in [0.29, 0.717) is 6.61 Å². The molecule has 0 bridgehead atoms. The van der Waals surface area contributed by atoms with Crippen LogP contribution >= 0.6 is 12.2 Å². The van der Waals surface area contributed by atoms with Gasteiger partial charge in [0.2, 0.25) is 4.77 Å². The molecule has 25 heavy (non-hydrogen) atoms. The van der Waals surface area contributed by atoms with Crippen molar-refractivity contribution >= 4 is 12.2 Å². The molecule has 7 heteroatoms. The summed E-state index contributed by atoms with van der Waals surface area (Å²) >= 11 is 5.55. The molecule has 136 valence electrons. The minimum absolute atomic E-state index is 0.395. The lowest BCUT2D eigenvalue weighted by Crippen LogP contribution is -3.12. The van der Waals surface area contributed by atoms with Crippen molar-refractivity contribution in [3.8, 4) is 11.5 Å². The van der Waals surface area contributed by atoms with Gasteiger partial charge in [-0.3, -0.25) is 0 Å².